The van der Waals surface area contributed by atoms with Gasteiger partial charge in [-0.15, -0.1) is 0 Å². The summed E-state index contributed by atoms with van der Waals surface area (Å²) in [6, 6.07) is 5.47. The summed E-state index contributed by atoms with van der Waals surface area (Å²) < 4.78 is 11.0. The predicted octanol–water partition coefficient (Wildman–Crippen LogP) is 3.00. The number of hydrogen-bond acceptors (Lipinski definition) is 3. The van der Waals surface area contributed by atoms with Crippen molar-refractivity contribution in [3.8, 4) is 17.6 Å². The Kier molecular flexibility index (Phi) is 3.75. The molecular formula is C11H10BrNO2. The van der Waals surface area contributed by atoms with Crippen molar-refractivity contribution in [1.82, 2.24) is 0 Å². The molecule has 0 fully saturated rings. The molecule has 78 valence electrons. The van der Waals surface area contributed by atoms with Crippen LogP contribution < -0.4 is 9.47 Å². The molecule has 0 heterocycles. The average molecular weight is 268 g/mol. The minimum absolute atomic E-state index is 0.339. The van der Waals surface area contributed by atoms with Crippen LogP contribution in [0.3, 0.4) is 0 Å². The molecule has 0 atom stereocenters. The first-order valence-electron chi connectivity index (χ1n) is 4.15. The Labute approximate surface area is 97.1 Å². The molecule has 0 radical (unpaired) electrons. The molecule has 4 heteroatoms. The fourth-order valence-electron chi connectivity index (χ4n) is 1.18. The second-order valence-corrected chi connectivity index (χ2v) is 3.63. The van der Waals surface area contributed by atoms with E-state index in [1.54, 1.807) is 26.4 Å². The molecule has 0 aromatic heterocycles. The smallest absolute Gasteiger partial charge is 0.141 e. The van der Waals surface area contributed by atoms with Gasteiger partial charge in [0, 0.05) is 5.56 Å². The van der Waals surface area contributed by atoms with Crippen LogP contribution in [0.2, 0.25) is 0 Å². The molecule has 3 nitrogen and oxygen atoms in total. The van der Waals surface area contributed by atoms with Gasteiger partial charge in [0.1, 0.15) is 11.5 Å². The van der Waals surface area contributed by atoms with E-state index in [0.717, 1.165) is 4.47 Å². The van der Waals surface area contributed by atoms with E-state index in [9.17, 15) is 0 Å². The lowest BCUT2D eigenvalue weighted by Gasteiger charge is -2.11. The monoisotopic (exact) mass is 267 g/mol. The Hall–Kier alpha value is -1.47. The van der Waals surface area contributed by atoms with Crippen LogP contribution in [0, 0.1) is 11.3 Å². The van der Waals surface area contributed by atoms with Gasteiger partial charge in [0.15, 0.2) is 0 Å². The topological polar surface area (TPSA) is 42.2 Å². The molecule has 1 rings (SSSR count). The molecular weight excluding hydrogens is 258 g/mol. The minimum atomic E-state index is 0.339. The maximum atomic E-state index is 8.80. The zero-order chi connectivity index (χ0) is 11.4. The lowest BCUT2D eigenvalue weighted by molar-refractivity contribution is 0.400. The van der Waals surface area contributed by atoms with Gasteiger partial charge in [0.05, 0.1) is 30.3 Å². The number of benzene rings is 1. The van der Waals surface area contributed by atoms with Crippen molar-refractivity contribution in [1.29, 1.82) is 5.26 Å². The van der Waals surface area contributed by atoms with E-state index in [1.807, 2.05) is 6.07 Å². The summed E-state index contributed by atoms with van der Waals surface area (Å²) in [7, 11) is 3.11. The van der Waals surface area contributed by atoms with Crippen LogP contribution in [0.1, 0.15) is 5.56 Å². The zero-order valence-electron chi connectivity index (χ0n) is 8.50. The van der Waals surface area contributed by atoms with E-state index in [-0.39, 0.29) is 0 Å². The molecule has 0 aliphatic rings. The highest BCUT2D eigenvalue weighted by molar-refractivity contribution is 9.10. The molecule has 0 bridgehead atoms. The quantitative estimate of drug-likeness (QED) is 0.791. The van der Waals surface area contributed by atoms with Gasteiger partial charge < -0.3 is 9.47 Å². The predicted molar refractivity (Wildman–Crippen MR) is 61.9 cm³/mol. The highest BCUT2D eigenvalue weighted by Crippen LogP contribution is 2.36. The van der Waals surface area contributed by atoms with Crippen molar-refractivity contribution in [2.45, 2.75) is 0 Å². The Morgan fingerprint density at radius 3 is 2.53 bits per heavy atom. The van der Waals surface area contributed by atoms with Crippen molar-refractivity contribution < 1.29 is 9.47 Å². The van der Waals surface area contributed by atoms with Gasteiger partial charge in [-0.1, -0.05) is 6.58 Å². The molecule has 0 spiro atoms. The number of ether oxygens (including phenoxy) is 2. The fourth-order valence-corrected chi connectivity index (χ4v) is 1.78. The molecule has 0 saturated heterocycles. The van der Waals surface area contributed by atoms with Crippen LogP contribution >= 0.6 is 15.9 Å². The molecule has 0 aliphatic heterocycles. The summed E-state index contributed by atoms with van der Waals surface area (Å²) >= 11 is 3.34. The molecule has 0 aliphatic carbocycles. The van der Waals surface area contributed by atoms with Gasteiger partial charge in [-0.05, 0) is 28.1 Å². The Morgan fingerprint density at radius 2 is 2.07 bits per heavy atom. The van der Waals surface area contributed by atoms with Crippen LogP contribution in [0.25, 0.3) is 5.57 Å². The summed E-state index contributed by atoms with van der Waals surface area (Å²) in [5.74, 6) is 1.23. The molecule has 1 aromatic carbocycles. The highest BCUT2D eigenvalue weighted by Gasteiger charge is 2.12. The summed E-state index contributed by atoms with van der Waals surface area (Å²) in [6.07, 6.45) is 0. The van der Waals surface area contributed by atoms with Crippen molar-refractivity contribution in [3.63, 3.8) is 0 Å². The van der Waals surface area contributed by atoms with E-state index in [0.29, 0.717) is 22.6 Å². The van der Waals surface area contributed by atoms with Gasteiger partial charge in [0.2, 0.25) is 0 Å². The fraction of sp³-hybridized carbons (Fsp3) is 0.182. The van der Waals surface area contributed by atoms with Gasteiger partial charge in [-0.25, -0.2) is 0 Å². The van der Waals surface area contributed by atoms with Gasteiger partial charge in [0.25, 0.3) is 0 Å². The van der Waals surface area contributed by atoms with E-state index in [2.05, 4.69) is 22.5 Å². The lowest BCUT2D eigenvalue weighted by Crippen LogP contribution is -1.93. The number of nitriles is 1. The van der Waals surface area contributed by atoms with Crippen LogP contribution in [-0.4, -0.2) is 14.2 Å². The lowest BCUT2D eigenvalue weighted by atomic mass is 10.1. The van der Waals surface area contributed by atoms with Crippen molar-refractivity contribution in [2.24, 2.45) is 0 Å². The largest absolute Gasteiger partial charge is 0.497 e. The van der Waals surface area contributed by atoms with E-state index in [4.69, 9.17) is 14.7 Å². The SMILES string of the molecule is C=C(C#N)c1cc(OC)cc(Br)c1OC. The Morgan fingerprint density at radius 1 is 1.40 bits per heavy atom. The molecule has 0 saturated carbocycles. The second-order valence-electron chi connectivity index (χ2n) is 2.78. The maximum absolute atomic E-state index is 8.80. The minimum Gasteiger partial charge on any atom is -0.497 e. The third kappa shape index (κ3) is 2.31. The summed E-state index contributed by atoms with van der Waals surface area (Å²) in [6.45, 7) is 3.65. The first-order valence-corrected chi connectivity index (χ1v) is 4.94. The Bertz CT molecular complexity index is 435. The van der Waals surface area contributed by atoms with Crippen LogP contribution in [-0.2, 0) is 0 Å². The zero-order valence-corrected chi connectivity index (χ0v) is 10.1. The third-order valence-electron chi connectivity index (χ3n) is 1.92. The summed E-state index contributed by atoms with van der Waals surface area (Å²) in [5.41, 5.74) is 0.970. The number of rotatable bonds is 3. The van der Waals surface area contributed by atoms with Gasteiger partial charge in [-0.2, -0.15) is 5.26 Å². The van der Waals surface area contributed by atoms with E-state index >= 15 is 0 Å². The number of hydrogen-bond donors (Lipinski definition) is 0. The number of allylic oxidation sites excluding steroid dienone is 1. The number of methoxy groups -OCH3 is 2. The van der Waals surface area contributed by atoms with Gasteiger partial charge in [-0.3, -0.25) is 0 Å². The first-order chi connectivity index (χ1) is 7.13. The molecule has 15 heavy (non-hydrogen) atoms. The van der Waals surface area contributed by atoms with Crippen molar-refractivity contribution >= 4 is 21.5 Å². The van der Waals surface area contributed by atoms with Crippen LogP contribution in [0.15, 0.2) is 23.2 Å². The second kappa shape index (κ2) is 4.85. The normalized spacial score (nSPS) is 9.20. The summed E-state index contributed by atoms with van der Waals surface area (Å²) in [5, 5.41) is 8.80. The Balaban J connectivity index is 3.40. The third-order valence-corrected chi connectivity index (χ3v) is 2.51. The average Bonchev–Trinajstić information content (AvgIpc) is 2.26. The van der Waals surface area contributed by atoms with Crippen LogP contribution in [0.5, 0.6) is 11.5 Å². The first kappa shape index (κ1) is 11.6. The van der Waals surface area contributed by atoms with E-state index < -0.39 is 0 Å². The summed E-state index contributed by atoms with van der Waals surface area (Å²) in [4.78, 5) is 0. The number of halogens is 1. The molecule has 1 aromatic rings. The molecule has 0 unspecified atom stereocenters. The maximum Gasteiger partial charge on any atom is 0.141 e. The van der Waals surface area contributed by atoms with Crippen LogP contribution in [0.4, 0.5) is 0 Å². The highest BCUT2D eigenvalue weighted by atomic mass is 79.9. The van der Waals surface area contributed by atoms with Gasteiger partial charge >= 0.3 is 0 Å². The van der Waals surface area contributed by atoms with Crippen molar-refractivity contribution in [2.75, 3.05) is 14.2 Å². The number of nitrogens with zero attached hydrogens (tertiary/aromatic N) is 1. The molecule has 0 amide bonds. The standard InChI is InChI=1S/C11H10BrNO2/c1-7(6-13)9-4-8(14-2)5-10(12)11(9)15-3/h4-5H,1H2,2-3H3. The molecule has 0 N–H and O–H groups in total. The van der Waals surface area contributed by atoms with Crippen molar-refractivity contribution in [3.05, 3.63) is 28.7 Å². The van der Waals surface area contributed by atoms with E-state index in [1.165, 1.54) is 0 Å².